The predicted octanol–water partition coefficient (Wildman–Crippen LogP) is 4.22. The van der Waals surface area contributed by atoms with Crippen LogP contribution in [0, 0.1) is 24.0 Å². The average molecular weight is 411 g/mol. The predicted molar refractivity (Wildman–Crippen MR) is 113 cm³/mol. The summed E-state index contributed by atoms with van der Waals surface area (Å²) in [4.78, 5) is 22.9. The van der Waals surface area contributed by atoms with E-state index in [0.29, 0.717) is 23.0 Å². The molecule has 3 aromatic rings. The van der Waals surface area contributed by atoms with Gasteiger partial charge in [-0.1, -0.05) is 47.7 Å². The van der Waals surface area contributed by atoms with Gasteiger partial charge in [0.15, 0.2) is 11.0 Å². The molecule has 0 bridgehead atoms. The minimum Gasteiger partial charge on any atom is -0.325 e. The monoisotopic (exact) mass is 411 g/mol. The van der Waals surface area contributed by atoms with Crippen LogP contribution in [0.1, 0.15) is 18.1 Å². The van der Waals surface area contributed by atoms with Crippen LogP contribution in [-0.4, -0.2) is 31.3 Å². The summed E-state index contributed by atoms with van der Waals surface area (Å²) < 4.78 is 1.96. The quantitative estimate of drug-likeness (QED) is 0.355. The van der Waals surface area contributed by atoms with Gasteiger partial charge < -0.3 is 9.88 Å². The fourth-order valence-corrected chi connectivity index (χ4v) is 3.61. The van der Waals surface area contributed by atoms with Gasteiger partial charge in [0.2, 0.25) is 5.91 Å². The first-order valence-corrected chi connectivity index (χ1v) is 10.1. The Hall–Kier alpha value is -3.20. The van der Waals surface area contributed by atoms with Crippen molar-refractivity contribution in [3.63, 3.8) is 0 Å². The highest BCUT2D eigenvalue weighted by molar-refractivity contribution is 7.99. The molecule has 0 atom stereocenters. The maximum atomic E-state index is 12.3. The summed E-state index contributed by atoms with van der Waals surface area (Å²) in [6, 6.07) is 12.7. The normalized spacial score (nSPS) is 10.7. The molecule has 150 valence electrons. The number of rotatable bonds is 7. The maximum absolute atomic E-state index is 12.3. The van der Waals surface area contributed by atoms with Crippen LogP contribution in [-0.2, 0) is 11.3 Å². The van der Waals surface area contributed by atoms with Crippen molar-refractivity contribution in [2.24, 2.45) is 0 Å². The number of nitrogens with zero attached hydrogens (tertiary/aromatic N) is 4. The number of anilines is 1. The van der Waals surface area contributed by atoms with Gasteiger partial charge in [-0.2, -0.15) is 0 Å². The summed E-state index contributed by atoms with van der Waals surface area (Å²) in [7, 11) is 0. The van der Waals surface area contributed by atoms with E-state index in [0.717, 1.165) is 11.4 Å². The molecule has 0 spiro atoms. The Balaban J connectivity index is 1.68. The van der Waals surface area contributed by atoms with Gasteiger partial charge >= 0.3 is 0 Å². The molecule has 0 saturated carbocycles. The first-order valence-electron chi connectivity index (χ1n) is 9.07. The van der Waals surface area contributed by atoms with E-state index in [1.54, 1.807) is 19.1 Å². The topological polar surface area (TPSA) is 103 Å². The van der Waals surface area contributed by atoms with E-state index in [4.69, 9.17) is 0 Å². The van der Waals surface area contributed by atoms with Crippen molar-refractivity contribution in [1.29, 1.82) is 0 Å². The largest absolute Gasteiger partial charge is 0.325 e. The second-order valence-corrected chi connectivity index (χ2v) is 7.45. The Morgan fingerprint density at radius 1 is 1.17 bits per heavy atom. The summed E-state index contributed by atoms with van der Waals surface area (Å²) in [5, 5.41) is 22.9. The molecule has 9 heteroatoms. The minimum absolute atomic E-state index is 0.0241. The number of thioether (sulfide) groups is 1. The lowest BCUT2D eigenvalue weighted by Crippen LogP contribution is -2.15. The van der Waals surface area contributed by atoms with Gasteiger partial charge in [0, 0.05) is 29.4 Å². The fraction of sp³-hybridized carbons (Fsp3) is 0.250. The van der Waals surface area contributed by atoms with E-state index in [9.17, 15) is 14.9 Å². The number of nitrogens with one attached hydrogen (secondary N) is 1. The summed E-state index contributed by atoms with van der Waals surface area (Å²) in [6.07, 6.45) is 0. The first kappa shape index (κ1) is 20.5. The van der Waals surface area contributed by atoms with Crippen molar-refractivity contribution in [3.05, 3.63) is 63.7 Å². The van der Waals surface area contributed by atoms with Crippen molar-refractivity contribution in [2.75, 3.05) is 11.1 Å². The van der Waals surface area contributed by atoms with Gasteiger partial charge in [-0.05, 0) is 26.8 Å². The third-order valence-corrected chi connectivity index (χ3v) is 5.33. The molecule has 1 amide bonds. The van der Waals surface area contributed by atoms with E-state index in [-0.39, 0.29) is 17.3 Å². The summed E-state index contributed by atoms with van der Waals surface area (Å²) in [5.74, 6) is 0.605. The maximum Gasteiger partial charge on any atom is 0.274 e. The highest BCUT2D eigenvalue weighted by Gasteiger charge is 2.16. The van der Waals surface area contributed by atoms with Crippen LogP contribution in [0.4, 0.5) is 11.4 Å². The Morgan fingerprint density at radius 3 is 2.55 bits per heavy atom. The molecule has 0 aliphatic rings. The van der Waals surface area contributed by atoms with Crippen LogP contribution in [0.25, 0.3) is 11.4 Å². The van der Waals surface area contributed by atoms with E-state index in [1.807, 2.05) is 42.7 Å². The smallest absolute Gasteiger partial charge is 0.274 e. The summed E-state index contributed by atoms with van der Waals surface area (Å²) in [6.45, 7) is 6.35. The number of hydrogen-bond acceptors (Lipinski definition) is 6. The number of benzene rings is 2. The van der Waals surface area contributed by atoms with Crippen molar-refractivity contribution in [3.8, 4) is 11.4 Å². The molecule has 3 rings (SSSR count). The minimum atomic E-state index is -0.462. The van der Waals surface area contributed by atoms with Gasteiger partial charge in [0.25, 0.3) is 5.69 Å². The molecule has 0 saturated heterocycles. The molecule has 8 nitrogen and oxygen atoms in total. The molecule has 0 aliphatic carbocycles. The third kappa shape index (κ3) is 4.80. The standard InChI is InChI=1S/C20H21N5O3S/c1-4-24-19(15-8-5-13(2)6-9-15)22-23-20(24)29-12-18(26)21-16-10-7-14(3)17(11-16)25(27)28/h5-11H,4,12H2,1-3H3,(H,21,26). The van der Waals surface area contributed by atoms with Gasteiger partial charge in [0.1, 0.15) is 0 Å². The number of hydrogen-bond donors (Lipinski definition) is 1. The zero-order chi connectivity index (χ0) is 21.0. The Bertz CT molecular complexity index is 1050. The molecule has 0 fully saturated rings. The van der Waals surface area contributed by atoms with Gasteiger partial charge in [-0.25, -0.2) is 0 Å². The van der Waals surface area contributed by atoms with Crippen LogP contribution in [0.3, 0.4) is 0 Å². The van der Waals surface area contributed by atoms with E-state index in [2.05, 4.69) is 15.5 Å². The van der Waals surface area contributed by atoms with Crippen molar-refractivity contribution >= 4 is 29.0 Å². The SMILES string of the molecule is CCn1c(SCC(=O)Nc2ccc(C)c([N+](=O)[O-])c2)nnc1-c1ccc(C)cc1. The highest BCUT2D eigenvalue weighted by atomic mass is 32.2. The molecule has 0 aliphatic heterocycles. The Morgan fingerprint density at radius 2 is 1.90 bits per heavy atom. The lowest BCUT2D eigenvalue weighted by molar-refractivity contribution is -0.385. The molecular weight excluding hydrogens is 390 g/mol. The van der Waals surface area contributed by atoms with Crippen molar-refractivity contribution in [2.45, 2.75) is 32.5 Å². The average Bonchev–Trinajstić information content (AvgIpc) is 3.11. The molecular formula is C20H21N5O3S. The number of aryl methyl sites for hydroxylation is 2. The zero-order valence-corrected chi connectivity index (χ0v) is 17.2. The van der Waals surface area contributed by atoms with Crippen molar-refractivity contribution < 1.29 is 9.72 Å². The molecule has 0 unspecified atom stereocenters. The number of carbonyl (C=O) groups excluding carboxylic acids is 1. The second kappa shape index (κ2) is 8.87. The van der Waals surface area contributed by atoms with E-state index in [1.165, 1.54) is 23.4 Å². The molecule has 2 aromatic carbocycles. The lowest BCUT2D eigenvalue weighted by Gasteiger charge is -2.08. The van der Waals surface area contributed by atoms with Crippen LogP contribution < -0.4 is 5.32 Å². The zero-order valence-electron chi connectivity index (χ0n) is 16.4. The number of aromatic nitrogens is 3. The second-order valence-electron chi connectivity index (χ2n) is 6.51. The van der Waals surface area contributed by atoms with Crippen LogP contribution in [0.15, 0.2) is 47.6 Å². The third-order valence-electron chi connectivity index (χ3n) is 4.36. The molecule has 1 aromatic heterocycles. The van der Waals surface area contributed by atoms with Gasteiger partial charge in [-0.15, -0.1) is 10.2 Å². The van der Waals surface area contributed by atoms with Gasteiger partial charge in [0.05, 0.1) is 10.7 Å². The number of amides is 1. The van der Waals surface area contributed by atoms with Crippen molar-refractivity contribution in [1.82, 2.24) is 14.8 Å². The fourth-order valence-electron chi connectivity index (χ4n) is 2.81. The molecule has 1 N–H and O–H groups in total. The lowest BCUT2D eigenvalue weighted by atomic mass is 10.1. The highest BCUT2D eigenvalue weighted by Crippen LogP contribution is 2.25. The molecule has 0 radical (unpaired) electrons. The Labute approximate surface area is 172 Å². The Kier molecular flexibility index (Phi) is 6.28. The molecule has 1 heterocycles. The van der Waals surface area contributed by atoms with E-state index < -0.39 is 4.92 Å². The van der Waals surface area contributed by atoms with E-state index >= 15 is 0 Å². The number of carbonyl (C=O) groups is 1. The van der Waals surface area contributed by atoms with Crippen LogP contribution >= 0.6 is 11.8 Å². The number of nitro benzene ring substituents is 1. The van der Waals surface area contributed by atoms with Crippen LogP contribution in [0.2, 0.25) is 0 Å². The van der Waals surface area contributed by atoms with Crippen LogP contribution in [0.5, 0.6) is 0 Å². The van der Waals surface area contributed by atoms with Gasteiger partial charge in [-0.3, -0.25) is 14.9 Å². The molecule has 29 heavy (non-hydrogen) atoms. The summed E-state index contributed by atoms with van der Waals surface area (Å²) in [5.41, 5.74) is 3.04. The number of nitro groups is 1. The summed E-state index contributed by atoms with van der Waals surface area (Å²) >= 11 is 1.27. The first-order chi connectivity index (χ1) is 13.9.